The second-order valence-electron chi connectivity index (χ2n) is 4.91. The summed E-state index contributed by atoms with van der Waals surface area (Å²) in [6.07, 6.45) is 0. The molecule has 0 radical (unpaired) electrons. The Morgan fingerprint density at radius 2 is 1.88 bits per heavy atom. The number of thiophene rings is 2. The Hall–Kier alpha value is -2.16. The lowest BCUT2D eigenvalue weighted by atomic mass is 10.2. The maximum absolute atomic E-state index is 12.2. The van der Waals surface area contributed by atoms with Gasteiger partial charge in [-0.2, -0.15) is 0 Å². The molecule has 0 bridgehead atoms. The first-order chi connectivity index (χ1) is 12.1. The van der Waals surface area contributed by atoms with Crippen LogP contribution in [0.25, 0.3) is 0 Å². The van der Waals surface area contributed by atoms with Gasteiger partial charge in [0.1, 0.15) is 12.4 Å². The summed E-state index contributed by atoms with van der Waals surface area (Å²) in [5.41, 5.74) is 5.20. The first-order valence-electron chi connectivity index (χ1n) is 7.23. The van der Waals surface area contributed by atoms with Crippen molar-refractivity contribution in [3.63, 3.8) is 0 Å². The van der Waals surface area contributed by atoms with Crippen molar-refractivity contribution in [3.05, 3.63) is 73.0 Å². The van der Waals surface area contributed by atoms with Crippen LogP contribution in [0.3, 0.4) is 0 Å². The summed E-state index contributed by atoms with van der Waals surface area (Å²) in [6.45, 7) is 0.451. The van der Waals surface area contributed by atoms with Crippen LogP contribution in [-0.4, -0.2) is 11.8 Å². The monoisotopic (exact) mass is 436 g/mol. The molecule has 2 amide bonds. The summed E-state index contributed by atoms with van der Waals surface area (Å²) in [6, 6.07) is 14.2. The number of hydrazine groups is 1. The molecule has 3 aromatic rings. The lowest BCUT2D eigenvalue weighted by molar-refractivity contribution is 0.0848. The number of carbonyl (C=O) groups excluding carboxylic acids is 2. The zero-order chi connectivity index (χ0) is 17.6. The third kappa shape index (κ3) is 4.91. The molecule has 0 atom stereocenters. The summed E-state index contributed by atoms with van der Waals surface area (Å²) >= 11 is 6.19. The van der Waals surface area contributed by atoms with E-state index < -0.39 is 5.91 Å². The van der Waals surface area contributed by atoms with Crippen LogP contribution in [0.5, 0.6) is 5.75 Å². The van der Waals surface area contributed by atoms with Gasteiger partial charge in [-0.05, 0) is 57.7 Å². The molecule has 0 aliphatic carbocycles. The maximum Gasteiger partial charge on any atom is 0.279 e. The highest BCUT2D eigenvalue weighted by molar-refractivity contribution is 9.11. The molecule has 2 heterocycles. The number of hydrogen-bond acceptors (Lipinski definition) is 5. The normalized spacial score (nSPS) is 10.3. The third-order valence-corrected chi connectivity index (χ3v) is 5.62. The van der Waals surface area contributed by atoms with Crippen molar-refractivity contribution in [1.82, 2.24) is 10.9 Å². The number of amides is 2. The van der Waals surface area contributed by atoms with Gasteiger partial charge in [-0.3, -0.25) is 20.4 Å². The fourth-order valence-electron chi connectivity index (χ4n) is 1.96. The standard InChI is InChI=1S/C17H13BrN2O3S2/c18-15-7-6-14(25-15)17(22)20-19-16(21)11-3-1-4-12(9-11)23-10-13-5-2-8-24-13/h1-9H,10H2,(H,19,21)(H,20,22). The Kier molecular flexibility index (Phi) is 5.85. The van der Waals surface area contributed by atoms with E-state index in [0.29, 0.717) is 22.8 Å². The highest BCUT2D eigenvalue weighted by Gasteiger charge is 2.11. The van der Waals surface area contributed by atoms with Crippen molar-refractivity contribution in [2.24, 2.45) is 0 Å². The number of rotatable bonds is 5. The molecule has 0 unspecified atom stereocenters. The highest BCUT2D eigenvalue weighted by Crippen LogP contribution is 2.21. The van der Waals surface area contributed by atoms with Gasteiger partial charge in [0, 0.05) is 10.4 Å². The minimum atomic E-state index is -0.412. The second kappa shape index (κ2) is 8.28. The summed E-state index contributed by atoms with van der Waals surface area (Å²) in [4.78, 5) is 25.7. The molecule has 2 aromatic heterocycles. The summed E-state index contributed by atoms with van der Waals surface area (Å²) in [5, 5.41) is 1.98. The molecule has 128 valence electrons. The predicted octanol–water partition coefficient (Wildman–Crippen LogP) is 4.23. The lowest BCUT2D eigenvalue weighted by Crippen LogP contribution is -2.41. The SMILES string of the molecule is O=C(NNC(=O)c1ccc(Br)s1)c1cccc(OCc2cccs2)c1. The van der Waals surface area contributed by atoms with Crippen molar-refractivity contribution in [2.45, 2.75) is 6.61 Å². The van der Waals surface area contributed by atoms with E-state index in [0.717, 1.165) is 8.66 Å². The topological polar surface area (TPSA) is 67.4 Å². The molecule has 2 N–H and O–H groups in total. The van der Waals surface area contributed by atoms with Gasteiger partial charge in [0.05, 0.1) is 8.66 Å². The van der Waals surface area contributed by atoms with E-state index in [-0.39, 0.29) is 5.91 Å². The zero-order valence-corrected chi connectivity index (χ0v) is 16.0. The van der Waals surface area contributed by atoms with Gasteiger partial charge in [-0.15, -0.1) is 22.7 Å². The van der Waals surface area contributed by atoms with Crippen LogP contribution in [0.4, 0.5) is 0 Å². The van der Waals surface area contributed by atoms with Crippen LogP contribution in [0, 0.1) is 0 Å². The predicted molar refractivity (Wildman–Crippen MR) is 102 cm³/mol. The minimum absolute atomic E-state index is 0.367. The summed E-state index contributed by atoms with van der Waals surface area (Å²) < 4.78 is 6.53. The average molecular weight is 437 g/mol. The van der Waals surface area contributed by atoms with Gasteiger partial charge in [0.2, 0.25) is 0 Å². The number of hydrogen-bond donors (Lipinski definition) is 2. The average Bonchev–Trinajstić information content (AvgIpc) is 3.29. The van der Waals surface area contributed by atoms with Crippen molar-refractivity contribution < 1.29 is 14.3 Å². The van der Waals surface area contributed by atoms with Crippen LogP contribution in [-0.2, 0) is 6.61 Å². The molecule has 0 aliphatic heterocycles. The highest BCUT2D eigenvalue weighted by atomic mass is 79.9. The van der Waals surface area contributed by atoms with Gasteiger partial charge < -0.3 is 4.74 Å². The first kappa shape index (κ1) is 17.7. The summed E-state index contributed by atoms with van der Waals surface area (Å²) in [5.74, 6) is -0.186. The van der Waals surface area contributed by atoms with Gasteiger partial charge in [0.25, 0.3) is 11.8 Å². The quantitative estimate of drug-likeness (QED) is 0.588. The van der Waals surface area contributed by atoms with Crippen molar-refractivity contribution in [2.75, 3.05) is 0 Å². The minimum Gasteiger partial charge on any atom is -0.488 e. The number of carbonyl (C=O) groups is 2. The molecule has 0 spiro atoms. The largest absolute Gasteiger partial charge is 0.488 e. The van der Waals surface area contributed by atoms with Crippen molar-refractivity contribution in [3.8, 4) is 5.75 Å². The maximum atomic E-state index is 12.2. The molecule has 0 saturated carbocycles. The van der Waals surface area contributed by atoms with E-state index in [4.69, 9.17) is 4.74 Å². The smallest absolute Gasteiger partial charge is 0.279 e. The van der Waals surface area contributed by atoms with Gasteiger partial charge >= 0.3 is 0 Å². The Balaban J connectivity index is 1.56. The Bertz CT molecular complexity index is 878. The lowest BCUT2D eigenvalue weighted by Gasteiger charge is -2.08. The van der Waals surface area contributed by atoms with E-state index in [1.807, 2.05) is 17.5 Å². The van der Waals surface area contributed by atoms with E-state index in [9.17, 15) is 9.59 Å². The molecule has 0 fully saturated rings. The fraction of sp³-hybridized carbons (Fsp3) is 0.0588. The van der Waals surface area contributed by atoms with E-state index in [1.54, 1.807) is 47.7 Å². The molecule has 3 rings (SSSR count). The molecular formula is C17H13BrN2O3S2. The van der Waals surface area contributed by atoms with E-state index in [1.165, 1.54) is 11.3 Å². The zero-order valence-electron chi connectivity index (χ0n) is 12.8. The fourth-order valence-corrected chi connectivity index (χ4v) is 3.86. The first-order valence-corrected chi connectivity index (χ1v) is 9.72. The van der Waals surface area contributed by atoms with Crippen molar-refractivity contribution >= 4 is 50.4 Å². The molecule has 5 nitrogen and oxygen atoms in total. The van der Waals surface area contributed by atoms with Crippen LogP contribution in [0.1, 0.15) is 24.9 Å². The van der Waals surface area contributed by atoms with Gasteiger partial charge in [0.15, 0.2) is 0 Å². The molecular weight excluding hydrogens is 424 g/mol. The Morgan fingerprint density at radius 1 is 1.04 bits per heavy atom. The van der Waals surface area contributed by atoms with E-state index >= 15 is 0 Å². The molecule has 25 heavy (non-hydrogen) atoms. The Morgan fingerprint density at radius 3 is 2.60 bits per heavy atom. The van der Waals surface area contributed by atoms with Crippen LogP contribution in [0.2, 0.25) is 0 Å². The number of halogens is 1. The second-order valence-corrected chi connectivity index (χ2v) is 8.40. The molecule has 8 heteroatoms. The van der Waals surface area contributed by atoms with E-state index in [2.05, 4.69) is 26.8 Å². The number of ether oxygens (including phenoxy) is 1. The van der Waals surface area contributed by atoms with Crippen LogP contribution in [0.15, 0.2) is 57.7 Å². The summed E-state index contributed by atoms with van der Waals surface area (Å²) in [7, 11) is 0. The number of benzene rings is 1. The molecule has 1 aromatic carbocycles. The third-order valence-electron chi connectivity index (χ3n) is 3.14. The van der Waals surface area contributed by atoms with Crippen LogP contribution >= 0.6 is 38.6 Å². The molecule has 0 aliphatic rings. The number of nitrogens with one attached hydrogen (secondary N) is 2. The Labute approximate surface area is 160 Å². The van der Waals surface area contributed by atoms with Gasteiger partial charge in [-0.1, -0.05) is 12.1 Å². The van der Waals surface area contributed by atoms with Gasteiger partial charge in [-0.25, -0.2) is 0 Å². The molecule has 0 saturated heterocycles. The van der Waals surface area contributed by atoms with Crippen LogP contribution < -0.4 is 15.6 Å². The van der Waals surface area contributed by atoms with Crippen molar-refractivity contribution in [1.29, 1.82) is 0 Å².